The summed E-state index contributed by atoms with van der Waals surface area (Å²) in [7, 11) is 0. The molecule has 0 aliphatic carbocycles. The predicted molar refractivity (Wildman–Crippen MR) is 79.2 cm³/mol. The number of nitrogens with two attached hydrogens (primary N) is 1. The van der Waals surface area contributed by atoms with E-state index in [4.69, 9.17) is 10.5 Å². The van der Waals surface area contributed by atoms with E-state index in [1.165, 1.54) is 0 Å². The van der Waals surface area contributed by atoms with Crippen LogP contribution in [0.15, 0.2) is 18.2 Å². The van der Waals surface area contributed by atoms with Crippen molar-refractivity contribution in [2.75, 3.05) is 17.6 Å². The highest BCUT2D eigenvalue weighted by molar-refractivity contribution is 5.72. The van der Waals surface area contributed by atoms with Gasteiger partial charge in [0.15, 0.2) is 0 Å². The minimum absolute atomic E-state index is 0.136. The normalized spacial score (nSPS) is 11.7. The van der Waals surface area contributed by atoms with E-state index in [0.717, 1.165) is 24.4 Å². The molecule has 0 atom stereocenters. The number of hydrogen-bond donors (Lipinski definition) is 2. The van der Waals surface area contributed by atoms with Gasteiger partial charge in [-0.25, -0.2) is 0 Å². The maximum Gasteiger partial charge on any atom is 0.144 e. The van der Waals surface area contributed by atoms with Gasteiger partial charge in [-0.3, -0.25) is 0 Å². The van der Waals surface area contributed by atoms with Crippen molar-refractivity contribution in [1.29, 1.82) is 0 Å². The lowest BCUT2D eigenvalue weighted by molar-refractivity contribution is 0.244. The molecule has 0 aromatic heterocycles. The zero-order valence-electron chi connectivity index (χ0n) is 12.2. The van der Waals surface area contributed by atoms with E-state index in [1.807, 2.05) is 32.0 Å². The van der Waals surface area contributed by atoms with E-state index in [0.29, 0.717) is 11.1 Å². The van der Waals surface area contributed by atoms with Crippen LogP contribution >= 0.6 is 0 Å². The Balaban J connectivity index is 2.66. The van der Waals surface area contributed by atoms with Crippen molar-refractivity contribution in [2.24, 2.45) is 5.41 Å². The van der Waals surface area contributed by atoms with E-state index >= 15 is 0 Å². The first kappa shape index (κ1) is 14.7. The molecule has 1 rings (SSSR count). The monoisotopic (exact) mass is 250 g/mol. The van der Waals surface area contributed by atoms with Gasteiger partial charge in [-0.1, -0.05) is 26.8 Å². The Morgan fingerprint density at radius 3 is 2.50 bits per heavy atom. The molecule has 3 N–H and O–H groups in total. The van der Waals surface area contributed by atoms with Crippen molar-refractivity contribution in [3.05, 3.63) is 18.2 Å². The van der Waals surface area contributed by atoms with Gasteiger partial charge in [0.2, 0.25) is 0 Å². The molecule has 0 saturated heterocycles. The Kier molecular flexibility index (Phi) is 4.88. The number of anilines is 2. The summed E-state index contributed by atoms with van der Waals surface area (Å²) in [6.07, 6.45) is 1.24. The molecule has 0 aliphatic rings. The van der Waals surface area contributed by atoms with Crippen molar-refractivity contribution < 1.29 is 4.74 Å². The summed E-state index contributed by atoms with van der Waals surface area (Å²) < 4.78 is 5.67. The second-order valence-electron chi connectivity index (χ2n) is 6.12. The van der Waals surface area contributed by atoms with Gasteiger partial charge in [0, 0.05) is 6.54 Å². The van der Waals surface area contributed by atoms with Gasteiger partial charge in [0.05, 0.1) is 17.5 Å². The zero-order valence-corrected chi connectivity index (χ0v) is 12.2. The fourth-order valence-electron chi connectivity index (χ4n) is 1.63. The zero-order chi connectivity index (χ0) is 13.8. The number of hydrogen-bond acceptors (Lipinski definition) is 3. The van der Waals surface area contributed by atoms with Crippen LogP contribution in [0.4, 0.5) is 11.4 Å². The lowest BCUT2D eigenvalue weighted by atomic mass is 9.92. The fraction of sp³-hybridized carbons (Fsp3) is 0.600. The van der Waals surface area contributed by atoms with E-state index in [9.17, 15) is 0 Å². The fourth-order valence-corrected chi connectivity index (χ4v) is 1.63. The predicted octanol–water partition coefficient (Wildman–Crippen LogP) is 3.90. The Bertz CT molecular complexity index is 381. The smallest absolute Gasteiger partial charge is 0.144 e. The van der Waals surface area contributed by atoms with Crippen LogP contribution in [0.2, 0.25) is 0 Å². The Hall–Kier alpha value is -1.38. The molecular weight excluding hydrogens is 224 g/mol. The summed E-state index contributed by atoms with van der Waals surface area (Å²) in [4.78, 5) is 0. The summed E-state index contributed by atoms with van der Waals surface area (Å²) >= 11 is 0. The second-order valence-corrected chi connectivity index (χ2v) is 6.12. The molecule has 0 aliphatic heterocycles. The standard InChI is InChI=1S/C15H26N2O/c1-11(2)18-13-8-6-7-12(14(13)16)17-10-9-15(3,4)5/h6-8,11,17H,9-10,16H2,1-5H3. The SMILES string of the molecule is CC(C)Oc1cccc(NCCC(C)(C)C)c1N. The van der Waals surface area contributed by atoms with Gasteiger partial charge < -0.3 is 15.8 Å². The van der Waals surface area contributed by atoms with Gasteiger partial charge in [-0.05, 0) is 37.8 Å². The van der Waals surface area contributed by atoms with Crippen LogP contribution in [0, 0.1) is 5.41 Å². The van der Waals surface area contributed by atoms with Crippen molar-refractivity contribution in [3.8, 4) is 5.75 Å². The third-order valence-corrected chi connectivity index (χ3v) is 2.62. The average molecular weight is 250 g/mol. The molecule has 0 spiro atoms. The lowest BCUT2D eigenvalue weighted by Gasteiger charge is -2.20. The highest BCUT2D eigenvalue weighted by Crippen LogP contribution is 2.30. The third-order valence-electron chi connectivity index (χ3n) is 2.62. The van der Waals surface area contributed by atoms with Gasteiger partial charge in [-0.15, -0.1) is 0 Å². The first-order valence-electron chi connectivity index (χ1n) is 6.58. The van der Waals surface area contributed by atoms with Gasteiger partial charge in [-0.2, -0.15) is 0 Å². The second kappa shape index (κ2) is 5.98. The molecular formula is C15H26N2O. The molecule has 3 nitrogen and oxygen atoms in total. The molecule has 3 heteroatoms. The van der Waals surface area contributed by atoms with Crippen LogP contribution in [-0.2, 0) is 0 Å². The van der Waals surface area contributed by atoms with Crippen molar-refractivity contribution in [2.45, 2.75) is 47.1 Å². The molecule has 0 amide bonds. The molecule has 0 bridgehead atoms. The summed E-state index contributed by atoms with van der Waals surface area (Å²) in [5, 5.41) is 3.38. The molecule has 0 fully saturated rings. The molecule has 0 heterocycles. The number of para-hydroxylation sites is 1. The van der Waals surface area contributed by atoms with Crippen molar-refractivity contribution in [3.63, 3.8) is 0 Å². The minimum Gasteiger partial charge on any atom is -0.489 e. The number of nitrogens with one attached hydrogen (secondary N) is 1. The van der Waals surface area contributed by atoms with Crippen molar-refractivity contribution in [1.82, 2.24) is 0 Å². The van der Waals surface area contributed by atoms with Crippen molar-refractivity contribution >= 4 is 11.4 Å². The van der Waals surface area contributed by atoms with Crippen LogP contribution in [0.25, 0.3) is 0 Å². The molecule has 102 valence electrons. The maximum absolute atomic E-state index is 6.09. The maximum atomic E-state index is 6.09. The number of ether oxygens (including phenoxy) is 1. The van der Waals surface area contributed by atoms with E-state index in [-0.39, 0.29) is 6.10 Å². The average Bonchev–Trinajstić information content (AvgIpc) is 2.21. The molecule has 0 unspecified atom stereocenters. The van der Waals surface area contributed by atoms with Gasteiger partial charge >= 0.3 is 0 Å². The molecule has 0 radical (unpaired) electrons. The minimum atomic E-state index is 0.136. The number of rotatable bonds is 5. The van der Waals surface area contributed by atoms with Crippen LogP contribution in [0.5, 0.6) is 5.75 Å². The first-order chi connectivity index (χ1) is 8.29. The number of benzene rings is 1. The Morgan fingerprint density at radius 2 is 1.94 bits per heavy atom. The van der Waals surface area contributed by atoms with Crippen LogP contribution < -0.4 is 15.8 Å². The highest BCUT2D eigenvalue weighted by atomic mass is 16.5. The Labute approximate surface area is 111 Å². The van der Waals surface area contributed by atoms with Gasteiger partial charge in [0.25, 0.3) is 0 Å². The lowest BCUT2D eigenvalue weighted by Crippen LogP contribution is -2.14. The highest BCUT2D eigenvalue weighted by Gasteiger charge is 2.11. The van der Waals surface area contributed by atoms with Crippen LogP contribution in [-0.4, -0.2) is 12.6 Å². The van der Waals surface area contributed by atoms with E-state index in [2.05, 4.69) is 26.1 Å². The van der Waals surface area contributed by atoms with E-state index in [1.54, 1.807) is 0 Å². The van der Waals surface area contributed by atoms with Crippen LogP contribution in [0.3, 0.4) is 0 Å². The quantitative estimate of drug-likeness (QED) is 0.779. The summed E-state index contributed by atoms with van der Waals surface area (Å²) in [5.74, 6) is 0.755. The van der Waals surface area contributed by atoms with Crippen LogP contribution in [0.1, 0.15) is 41.0 Å². The molecule has 1 aromatic rings. The molecule has 18 heavy (non-hydrogen) atoms. The number of nitrogen functional groups attached to an aromatic ring is 1. The summed E-state index contributed by atoms with van der Waals surface area (Å²) in [6, 6.07) is 5.86. The third kappa shape index (κ3) is 4.86. The largest absolute Gasteiger partial charge is 0.489 e. The first-order valence-corrected chi connectivity index (χ1v) is 6.58. The molecule has 1 aromatic carbocycles. The summed E-state index contributed by atoms with van der Waals surface area (Å²) in [6.45, 7) is 11.6. The van der Waals surface area contributed by atoms with Gasteiger partial charge in [0.1, 0.15) is 5.75 Å². The molecule has 0 saturated carbocycles. The topological polar surface area (TPSA) is 47.3 Å². The summed E-state index contributed by atoms with van der Waals surface area (Å²) in [5.41, 5.74) is 8.07. The Morgan fingerprint density at radius 1 is 1.28 bits per heavy atom. The van der Waals surface area contributed by atoms with E-state index < -0.39 is 0 Å².